The normalized spacial score (nSPS) is 34.0. The zero-order chi connectivity index (χ0) is 36.8. The van der Waals surface area contributed by atoms with Crippen molar-refractivity contribution < 1.29 is 28.5 Å². The summed E-state index contributed by atoms with van der Waals surface area (Å²) >= 11 is 2.56. The molecule has 0 amide bonds. The van der Waals surface area contributed by atoms with Gasteiger partial charge in [-0.2, -0.15) is 0 Å². The average Bonchev–Trinajstić information content (AvgIpc) is 3.54. The van der Waals surface area contributed by atoms with Gasteiger partial charge in [-0.15, -0.1) is 0 Å². The molecule has 0 radical (unpaired) electrons. The van der Waals surface area contributed by atoms with E-state index >= 15 is 0 Å². The van der Waals surface area contributed by atoms with Gasteiger partial charge in [0.05, 0.1) is 24.9 Å². The molecule has 11 atom stereocenters. The fraction of sp³-hybridized carbons (Fsp3) is 0.587. The Kier molecular flexibility index (Phi) is 13.0. The van der Waals surface area contributed by atoms with E-state index in [0.29, 0.717) is 41.9 Å². The first-order valence-corrected chi connectivity index (χ1v) is 21.6. The Morgan fingerprint density at radius 2 is 1.30 bits per heavy atom. The highest BCUT2D eigenvalue weighted by Gasteiger charge is 2.65. The van der Waals surface area contributed by atoms with E-state index in [-0.39, 0.29) is 49.2 Å². The molecule has 0 unspecified atom stereocenters. The number of alkyl halides is 1. The number of ether oxygens (including phenoxy) is 5. The van der Waals surface area contributed by atoms with Gasteiger partial charge in [0.25, 0.3) is 0 Å². The molecular weight excluding hydrogens is 775 g/mol. The van der Waals surface area contributed by atoms with Crippen LogP contribution in [0.25, 0.3) is 0 Å². The van der Waals surface area contributed by atoms with Crippen molar-refractivity contribution in [2.45, 2.75) is 104 Å². The molecule has 0 saturated heterocycles. The molecule has 7 rings (SSSR count). The van der Waals surface area contributed by atoms with Crippen LogP contribution in [0.3, 0.4) is 0 Å². The number of carbonyl (C=O) groups excluding carboxylic acids is 1. The van der Waals surface area contributed by atoms with E-state index in [0.717, 1.165) is 42.2 Å². The second-order valence-electron chi connectivity index (χ2n) is 16.9. The Bertz CT molecular complexity index is 1590. The van der Waals surface area contributed by atoms with Gasteiger partial charge in [-0.1, -0.05) is 122 Å². The lowest BCUT2D eigenvalue weighted by Crippen LogP contribution is -2.63. The molecule has 4 aliphatic carbocycles. The summed E-state index contributed by atoms with van der Waals surface area (Å²) in [5.74, 6) is 2.94. The van der Waals surface area contributed by atoms with Crippen LogP contribution < -0.4 is 0 Å². The number of benzene rings is 3. The molecule has 4 aliphatic rings. The molecule has 0 heterocycles. The van der Waals surface area contributed by atoms with Crippen LogP contribution in [-0.4, -0.2) is 42.3 Å². The fourth-order valence-electron chi connectivity index (χ4n) is 11.6. The SMILES string of the molecule is C[C@H](CCI)[C@H]1CC[C@H]2[C@@H]3[C@H](OCOCc4ccccc4)C[C@H]4[C@@H](OCOCc5ccccc5)[C@H](OC(=O)c5ccccc5)CC[C@]4(C)[C@H]3CC[C@]12C. The van der Waals surface area contributed by atoms with Crippen LogP contribution >= 0.6 is 22.6 Å². The molecule has 4 saturated carbocycles. The minimum atomic E-state index is -0.369. The van der Waals surface area contributed by atoms with Crippen molar-refractivity contribution in [3.63, 3.8) is 0 Å². The van der Waals surface area contributed by atoms with Crippen LogP contribution in [0.1, 0.15) is 93.6 Å². The molecule has 0 spiro atoms. The molecule has 0 aromatic heterocycles. The molecule has 6 nitrogen and oxygen atoms in total. The summed E-state index contributed by atoms with van der Waals surface area (Å²) < 4.78 is 33.7. The van der Waals surface area contributed by atoms with Crippen molar-refractivity contribution in [3.05, 3.63) is 108 Å². The Labute approximate surface area is 331 Å². The highest BCUT2D eigenvalue weighted by molar-refractivity contribution is 14.1. The second kappa shape index (κ2) is 17.7. The van der Waals surface area contributed by atoms with E-state index in [1.54, 1.807) is 0 Å². The number of rotatable bonds is 15. The molecule has 53 heavy (non-hydrogen) atoms. The van der Waals surface area contributed by atoms with Crippen LogP contribution in [-0.2, 0) is 36.9 Å². The number of hydrogen-bond donors (Lipinski definition) is 0. The Morgan fingerprint density at radius 3 is 1.94 bits per heavy atom. The van der Waals surface area contributed by atoms with Gasteiger partial charge in [-0.05, 0) is 125 Å². The maximum absolute atomic E-state index is 13.5. The van der Waals surface area contributed by atoms with Crippen molar-refractivity contribution in [2.24, 2.45) is 46.3 Å². The first-order chi connectivity index (χ1) is 25.8. The van der Waals surface area contributed by atoms with Crippen LogP contribution in [0.2, 0.25) is 0 Å². The highest BCUT2D eigenvalue weighted by atomic mass is 127. The summed E-state index contributed by atoms with van der Waals surface area (Å²) in [7, 11) is 0. The first-order valence-electron chi connectivity index (χ1n) is 20.1. The Hall–Kier alpha value is -2.30. The maximum Gasteiger partial charge on any atom is 0.338 e. The second-order valence-corrected chi connectivity index (χ2v) is 18.0. The summed E-state index contributed by atoms with van der Waals surface area (Å²) in [4.78, 5) is 13.5. The number of hydrogen-bond acceptors (Lipinski definition) is 6. The minimum Gasteiger partial charge on any atom is -0.456 e. The summed E-state index contributed by atoms with van der Waals surface area (Å²) in [5.41, 5.74) is 3.18. The molecule has 0 N–H and O–H groups in total. The van der Waals surface area contributed by atoms with Gasteiger partial charge >= 0.3 is 5.97 Å². The van der Waals surface area contributed by atoms with Gasteiger partial charge < -0.3 is 23.7 Å². The van der Waals surface area contributed by atoms with E-state index < -0.39 is 0 Å². The van der Waals surface area contributed by atoms with E-state index in [9.17, 15) is 4.79 Å². The van der Waals surface area contributed by atoms with Gasteiger partial charge in [0.1, 0.15) is 25.8 Å². The highest BCUT2D eigenvalue weighted by Crippen LogP contribution is 2.69. The summed E-state index contributed by atoms with van der Waals surface area (Å²) in [6, 6.07) is 29.9. The summed E-state index contributed by atoms with van der Waals surface area (Å²) in [6.07, 6.45) is 8.38. The predicted molar refractivity (Wildman–Crippen MR) is 216 cm³/mol. The van der Waals surface area contributed by atoms with Crippen LogP contribution in [0.4, 0.5) is 0 Å². The lowest BCUT2D eigenvalue weighted by atomic mass is 9.43. The predicted octanol–water partition coefficient (Wildman–Crippen LogP) is 10.7. The molecule has 0 bridgehead atoms. The molecule has 4 fully saturated rings. The molecule has 286 valence electrons. The molecule has 3 aromatic rings. The van der Waals surface area contributed by atoms with Gasteiger partial charge in [0, 0.05) is 0 Å². The van der Waals surface area contributed by atoms with Crippen molar-refractivity contribution in [3.8, 4) is 0 Å². The third-order valence-electron chi connectivity index (χ3n) is 14.2. The average molecular weight is 835 g/mol. The Morgan fingerprint density at radius 1 is 0.717 bits per heavy atom. The van der Waals surface area contributed by atoms with Crippen molar-refractivity contribution in [1.82, 2.24) is 0 Å². The smallest absolute Gasteiger partial charge is 0.338 e. The number of carbonyl (C=O) groups is 1. The van der Waals surface area contributed by atoms with Crippen molar-refractivity contribution in [1.29, 1.82) is 0 Å². The number of fused-ring (bicyclic) bond motifs is 5. The van der Waals surface area contributed by atoms with Crippen LogP contribution in [0.15, 0.2) is 91.0 Å². The summed E-state index contributed by atoms with van der Waals surface area (Å²) in [6.45, 7) is 9.07. The quantitative estimate of drug-likeness (QED) is 0.0500. The van der Waals surface area contributed by atoms with Gasteiger partial charge in [-0.3, -0.25) is 0 Å². The molecule has 3 aromatic carbocycles. The van der Waals surface area contributed by atoms with Crippen LogP contribution in [0, 0.1) is 46.3 Å². The first kappa shape index (κ1) is 39.0. The largest absolute Gasteiger partial charge is 0.456 e. The number of esters is 1. The van der Waals surface area contributed by atoms with Gasteiger partial charge in [-0.25, -0.2) is 4.79 Å². The third kappa shape index (κ3) is 8.45. The minimum absolute atomic E-state index is 0.0302. The van der Waals surface area contributed by atoms with Crippen molar-refractivity contribution in [2.75, 3.05) is 18.0 Å². The van der Waals surface area contributed by atoms with Gasteiger partial charge in [0.15, 0.2) is 0 Å². The van der Waals surface area contributed by atoms with E-state index in [4.69, 9.17) is 23.7 Å². The fourth-order valence-corrected chi connectivity index (χ4v) is 12.6. The van der Waals surface area contributed by atoms with Crippen LogP contribution in [0.5, 0.6) is 0 Å². The lowest BCUT2D eigenvalue weighted by Gasteiger charge is -2.64. The Balaban J connectivity index is 1.15. The van der Waals surface area contributed by atoms with Crippen molar-refractivity contribution >= 4 is 28.6 Å². The maximum atomic E-state index is 13.5. The zero-order valence-corrected chi connectivity index (χ0v) is 34.0. The standard InChI is InChI=1S/C46H59IO6/c1-32(23-26-47)36-19-20-37-42-38(21-24-45(36,37)2)46(3)25-22-40(53-44(48)35-17-11-6-12-18-35)43(52-31-50-29-34-15-9-5-10-16-34)39(46)27-41(42)51-30-49-28-33-13-7-4-8-14-33/h4-18,32,36-43H,19-31H2,1-3H3/t32-,36-,37+,38+,39+,40-,41-,42+,43-,45-,46-/m1/s1. The lowest BCUT2D eigenvalue weighted by molar-refractivity contribution is -0.251. The summed E-state index contributed by atoms with van der Waals surface area (Å²) in [5, 5.41) is 0. The zero-order valence-electron chi connectivity index (χ0n) is 31.9. The monoisotopic (exact) mass is 834 g/mol. The van der Waals surface area contributed by atoms with E-state index in [1.165, 1.54) is 36.5 Å². The third-order valence-corrected chi connectivity index (χ3v) is 14.8. The molecular formula is C46H59IO6. The van der Waals surface area contributed by atoms with E-state index in [2.05, 4.69) is 79.8 Å². The molecule has 7 heteroatoms. The topological polar surface area (TPSA) is 63.2 Å². The van der Waals surface area contributed by atoms with Gasteiger partial charge in [0.2, 0.25) is 0 Å². The number of halogens is 1. The molecule has 0 aliphatic heterocycles. The van der Waals surface area contributed by atoms with E-state index in [1.807, 2.05) is 54.6 Å².